The Kier molecular flexibility index (Phi) is 5.15. The van der Waals surface area contributed by atoms with Crippen LogP contribution in [-0.2, 0) is 9.53 Å². The van der Waals surface area contributed by atoms with Crippen molar-refractivity contribution in [2.45, 2.75) is 6.42 Å². The molecule has 0 atom stereocenters. The fraction of sp³-hybridized carbons (Fsp3) is 0.167. The third-order valence-corrected chi connectivity index (χ3v) is 3.44. The van der Waals surface area contributed by atoms with Gasteiger partial charge in [0.2, 0.25) is 11.7 Å². The number of ether oxygens (including phenoxy) is 1. The quantitative estimate of drug-likeness (QED) is 0.742. The minimum Gasteiger partial charge on any atom is -0.384 e. The van der Waals surface area contributed by atoms with Gasteiger partial charge in [-0.3, -0.25) is 4.79 Å². The van der Waals surface area contributed by atoms with Gasteiger partial charge in [-0.15, -0.1) is 0 Å². The number of rotatable bonds is 6. The lowest BCUT2D eigenvalue weighted by atomic mass is 10.2. The number of aromatic nitrogens is 2. The van der Waals surface area contributed by atoms with E-state index in [1.165, 1.54) is 12.1 Å². The van der Waals surface area contributed by atoms with Crippen molar-refractivity contribution in [2.24, 2.45) is 0 Å². The van der Waals surface area contributed by atoms with Crippen LogP contribution < -0.4 is 5.32 Å². The van der Waals surface area contributed by atoms with Gasteiger partial charge >= 0.3 is 0 Å². The number of nitrogens with zero attached hydrogens (tertiary/aromatic N) is 2. The van der Waals surface area contributed by atoms with E-state index in [1.807, 2.05) is 0 Å². The highest BCUT2D eigenvalue weighted by molar-refractivity contribution is 5.91. The summed E-state index contributed by atoms with van der Waals surface area (Å²) in [5.41, 5.74) is 1.80. The molecule has 0 saturated heterocycles. The first-order valence-corrected chi connectivity index (χ1v) is 7.64. The summed E-state index contributed by atoms with van der Waals surface area (Å²) in [4.78, 5) is 16.0. The van der Waals surface area contributed by atoms with Gasteiger partial charge in [-0.2, -0.15) is 4.98 Å². The van der Waals surface area contributed by atoms with E-state index < -0.39 is 0 Å². The van der Waals surface area contributed by atoms with Crippen molar-refractivity contribution < 1.29 is 18.4 Å². The number of benzene rings is 2. The number of anilines is 1. The van der Waals surface area contributed by atoms with E-state index in [-0.39, 0.29) is 24.0 Å². The Morgan fingerprint density at radius 3 is 2.80 bits per heavy atom. The Morgan fingerprint density at radius 1 is 1.20 bits per heavy atom. The van der Waals surface area contributed by atoms with E-state index in [4.69, 9.17) is 9.26 Å². The standard InChI is InChI=1S/C18H16FN3O3/c1-24-9-8-16(23)20-15-7-3-4-12(11-15)17-21-18(25-22-17)13-5-2-6-14(19)10-13/h2-7,10-11H,8-9H2,1H3,(H,20,23). The Bertz CT molecular complexity index is 879. The highest BCUT2D eigenvalue weighted by Crippen LogP contribution is 2.24. The van der Waals surface area contributed by atoms with Crippen LogP contribution in [0.3, 0.4) is 0 Å². The Balaban J connectivity index is 1.78. The van der Waals surface area contributed by atoms with Crippen molar-refractivity contribution in [3.63, 3.8) is 0 Å². The minimum atomic E-state index is -0.377. The average molecular weight is 341 g/mol. The van der Waals surface area contributed by atoms with E-state index in [1.54, 1.807) is 43.5 Å². The zero-order chi connectivity index (χ0) is 17.6. The van der Waals surface area contributed by atoms with Crippen LogP contribution in [0, 0.1) is 5.82 Å². The third-order valence-electron chi connectivity index (χ3n) is 3.44. The molecule has 1 N–H and O–H groups in total. The summed E-state index contributed by atoms with van der Waals surface area (Å²) >= 11 is 0. The number of carbonyl (C=O) groups excluding carboxylic acids is 1. The summed E-state index contributed by atoms with van der Waals surface area (Å²) in [6.45, 7) is 0.355. The van der Waals surface area contributed by atoms with Crippen molar-refractivity contribution in [1.29, 1.82) is 0 Å². The lowest BCUT2D eigenvalue weighted by molar-refractivity contribution is -0.117. The lowest BCUT2D eigenvalue weighted by Gasteiger charge is -2.05. The van der Waals surface area contributed by atoms with Gasteiger partial charge in [0.25, 0.3) is 5.89 Å². The zero-order valence-electron chi connectivity index (χ0n) is 13.5. The summed E-state index contributed by atoms with van der Waals surface area (Å²) in [6, 6.07) is 13.0. The van der Waals surface area contributed by atoms with Gasteiger partial charge in [0.05, 0.1) is 13.0 Å². The predicted octanol–water partition coefficient (Wildman–Crippen LogP) is 3.52. The van der Waals surface area contributed by atoms with Crippen LogP contribution in [0.5, 0.6) is 0 Å². The number of hydrogen-bond donors (Lipinski definition) is 1. The van der Waals surface area contributed by atoms with Crippen LogP contribution in [0.25, 0.3) is 22.8 Å². The maximum absolute atomic E-state index is 13.3. The summed E-state index contributed by atoms with van der Waals surface area (Å²) in [5.74, 6) is 0.0573. The molecule has 3 rings (SSSR count). The fourth-order valence-electron chi connectivity index (χ4n) is 2.23. The average Bonchev–Trinajstić information content (AvgIpc) is 3.10. The van der Waals surface area contributed by atoms with Gasteiger partial charge in [0.1, 0.15) is 5.82 Å². The van der Waals surface area contributed by atoms with E-state index in [9.17, 15) is 9.18 Å². The number of hydrogen-bond acceptors (Lipinski definition) is 5. The molecule has 0 saturated carbocycles. The number of halogens is 1. The van der Waals surface area contributed by atoms with Crippen LogP contribution in [0.4, 0.5) is 10.1 Å². The molecule has 0 bridgehead atoms. The SMILES string of the molecule is COCCC(=O)Nc1cccc(-c2noc(-c3cccc(F)c3)n2)c1. The molecule has 0 spiro atoms. The normalized spacial score (nSPS) is 10.6. The number of carbonyl (C=O) groups is 1. The third kappa shape index (κ3) is 4.27. The smallest absolute Gasteiger partial charge is 0.258 e. The monoisotopic (exact) mass is 341 g/mol. The van der Waals surface area contributed by atoms with Crippen LogP contribution in [-0.4, -0.2) is 29.8 Å². The molecule has 6 nitrogen and oxygen atoms in total. The first-order chi connectivity index (χ1) is 12.2. The maximum atomic E-state index is 13.3. The van der Waals surface area contributed by atoms with Crippen LogP contribution in [0.1, 0.15) is 6.42 Å². The molecule has 25 heavy (non-hydrogen) atoms. The molecular weight excluding hydrogens is 325 g/mol. The number of nitrogens with one attached hydrogen (secondary N) is 1. The molecule has 0 unspecified atom stereocenters. The molecule has 3 aromatic rings. The fourth-order valence-corrected chi connectivity index (χ4v) is 2.23. The van der Waals surface area contributed by atoms with E-state index in [0.717, 1.165) is 0 Å². The van der Waals surface area contributed by atoms with Crippen LogP contribution in [0.2, 0.25) is 0 Å². The second kappa shape index (κ2) is 7.67. The van der Waals surface area contributed by atoms with Gasteiger partial charge in [-0.05, 0) is 30.3 Å². The molecule has 1 amide bonds. The van der Waals surface area contributed by atoms with Crippen LogP contribution >= 0.6 is 0 Å². The zero-order valence-corrected chi connectivity index (χ0v) is 13.5. The summed E-state index contributed by atoms with van der Waals surface area (Å²) in [5, 5.41) is 6.70. The van der Waals surface area contributed by atoms with Crippen molar-refractivity contribution in [1.82, 2.24) is 10.1 Å². The second-order valence-electron chi connectivity index (χ2n) is 5.31. The molecule has 0 radical (unpaired) electrons. The molecule has 0 aliphatic heterocycles. The molecule has 128 valence electrons. The topological polar surface area (TPSA) is 77.2 Å². The Hall–Kier alpha value is -3.06. The van der Waals surface area contributed by atoms with E-state index in [2.05, 4.69) is 15.5 Å². The van der Waals surface area contributed by atoms with Gasteiger partial charge in [0, 0.05) is 23.9 Å². The minimum absolute atomic E-state index is 0.146. The van der Waals surface area contributed by atoms with E-state index in [0.29, 0.717) is 29.2 Å². The van der Waals surface area contributed by atoms with Crippen molar-refractivity contribution in [3.8, 4) is 22.8 Å². The van der Waals surface area contributed by atoms with Crippen molar-refractivity contribution in [2.75, 3.05) is 19.0 Å². The van der Waals surface area contributed by atoms with Gasteiger partial charge in [-0.25, -0.2) is 4.39 Å². The molecular formula is C18H16FN3O3. The molecule has 1 heterocycles. The first kappa shape index (κ1) is 16.8. The van der Waals surface area contributed by atoms with Gasteiger partial charge < -0.3 is 14.6 Å². The number of methoxy groups -OCH3 is 1. The summed E-state index contributed by atoms with van der Waals surface area (Å²) < 4.78 is 23.4. The molecule has 7 heteroatoms. The molecule has 1 aromatic heterocycles. The second-order valence-corrected chi connectivity index (χ2v) is 5.31. The van der Waals surface area contributed by atoms with Crippen molar-refractivity contribution >= 4 is 11.6 Å². The van der Waals surface area contributed by atoms with E-state index >= 15 is 0 Å². The lowest BCUT2D eigenvalue weighted by Crippen LogP contribution is -2.13. The Morgan fingerprint density at radius 2 is 2.00 bits per heavy atom. The first-order valence-electron chi connectivity index (χ1n) is 7.64. The molecule has 2 aromatic carbocycles. The van der Waals surface area contributed by atoms with Gasteiger partial charge in [0.15, 0.2) is 0 Å². The summed E-state index contributed by atoms with van der Waals surface area (Å²) in [6.07, 6.45) is 0.270. The van der Waals surface area contributed by atoms with Crippen molar-refractivity contribution in [3.05, 3.63) is 54.3 Å². The largest absolute Gasteiger partial charge is 0.384 e. The molecule has 0 aliphatic carbocycles. The highest BCUT2D eigenvalue weighted by atomic mass is 19.1. The van der Waals surface area contributed by atoms with Crippen LogP contribution in [0.15, 0.2) is 53.1 Å². The highest BCUT2D eigenvalue weighted by Gasteiger charge is 2.12. The number of amides is 1. The molecule has 0 fully saturated rings. The van der Waals surface area contributed by atoms with Gasteiger partial charge in [-0.1, -0.05) is 23.4 Å². The molecule has 0 aliphatic rings. The Labute approximate surface area is 143 Å². The predicted molar refractivity (Wildman–Crippen MR) is 90.3 cm³/mol. The maximum Gasteiger partial charge on any atom is 0.258 e. The summed E-state index contributed by atoms with van der Waals surface area (Å²) in [7, 11) is 1.54.